The predicted octanol–water partition coefficient (Wildman–Crippen LogP) is 4.54. The third-order valence-corrected chi connectivity index (χ3v) is 3.88. The summed E-state index contributed by atoms with van der Waals surface area (Å²) in [6.07, 6.45) is 5.72. The standard InChI is InChI=1S/C14H19BrO/c1-11-5-2-3-8-14(11)16-10-12-6-4-7-13(15)9-12/h4,6-7,9,11,14H,2-3,5,8,10H2,1H3. The topological polar surface area (TPSA) is 9.23 Å². The van der Waals surface area contributed by atoms with Crippen LogP contribution in [0.4, 0.5) is 0 Å². The molecule has 0 spiro atoms. The van der Waals surface area contributed by atoms with Gasteiger partial charge in [0.05, 0.1) is 12.7 Å². The highest BCUT2D eigenvalue weighted by Crippen LogP contribution is 2.27. The summed E-state index contributed by atoms with van der Waals surface area (Å²) < 4.78 is 7.15. The number of benzene rings is 1. The van der Waals surface area contributed by atoms with Gasteiger partial charge in [-0.2, -0.15) is 0 Å². The highest BCUT2D eigenvalue weighted by atomic mass is 79.9. The monoisotopic (exact) mass is 282 g/mol. The summed E-state index contributed by atoms with van der Waals surface area (Å²) in [6, 6.07) is 8.37. The van der Waals surface area contributed by atoms with Crippen LogP contribution in [-0.4, -0.2) is 6.10 Å². The van der Waals surface area contributed by atoms with E-state index < -0.39 is 0 Å². The van der Waals surface area contributed by atoms with E-state index in [-0.39, 0.29) is 0 Å². The van der Waals surface area contributed by atoms with Crippen molar-refractivity contribution in [1.29, 1.82) is 0 Å². The predicted molar refractivity (Wildman–Crippen MR) is 70.4 cm³/mol. The van der Waals surface area contributed by atoms with Gasteiger partial charge >= 0.3 is 0 Å². The Kier molecular flexibility index (Phi) is 4.42. The van der Waals surface area contributed by atoms with Crippen molar-refractivity contribution in [3.63, 3.8) is 0 Å². The summed E-state index contributed by atoms with van der Waals surface area (Å²) in [5, 5.41) is 0. The maximum Gasteiger partial charge on any atom is 0.0721 e. The first-order valence-electron chi connectivity index (χ1n) is 6.12. The highest BCUT2D eigenvalue weighted by molar-refractivity contribution is 9.10. The van der Waals surface area contributed by atoms with Crippen LogP contribution in [0.25, 0.3) is 0 Å². The Labute approximate surface area is 106 Å². The van der Waals surface area contributed by atoms with Crippen molar-refractivity contribution < 1.29 is 4.74 Å². The number of ether oxygens (including phenoxy) is 1. The van der Waals surface area contributed by atoms with Crippen molar-refractivity contribution in [2.75, 3.05) is 0 Å². The fourth-order valence-electron chi connectivity index (χ4n) is 2.36. The van der Waals surface area contributed by atoms with Crippen molar-refractivity contribution >= 4 is 15.9 Å². The Morgan fingerprint density at radius 2 is 2.12 bits per heavy atom. The second-order valence-corrected chi connectivity index (χ2v) is 5.66. The first-order chi connectivity index (χ1) is 7.75. The molecular weight excluding hydrogens is 264 g/mol. The lowest BCUT2D eigenvalue weighted by Crippen LogP contribution is -2.25. The summed E-state index contributed by atoms with van der Waals surface area (Å²) in [5.74, 6) is 0.723. The van der Waals surface area contributed by atoms with Gasteiger partial charge in [-0.3, -0.25) is 0 Å². The largest absolute Gasteiger partial charge is 0.373 e. The molecule has 2 unspecified atom stereocenters. The van der Waals surface area contributed by atoms with Crippen LogP contribution < -0.4 is 0 Å². The zero-order valence-electron chi connectivity index (χ0n) is 9.79. The number of halogens is 1. The van der Waals surface area contributed by atoms with Crippen LogP contribution >= 0.6 is 15.9 Å². The molecule has 0 amide bonds. The minimum absolute atomic E-state index is 0.465. The van der Waals surface area contributed by atoms with E-state index >= 15 is 0 Å². The quantitative estimate of drug-likeness (QED) is 0.791. The number of hydrogen-bond acceptors (Lipinski definition) is 1. The van der Waals surface area contributed by atoms with Crippen molar-refractivity contribution in [2.24, 2.45) is 5.92 Å². The van der Waals surface area contributed by atoms with Crippen LogP contribution in [0.15, 0.2) is 28.7 Å². The van der Waals surface area contributed by atoms with Crippen LogP contribution in [0.5, 0.6) is 0 Å². The normalized spacial score (nSPS) is 25.6. The lowest BCUT2D eigenvalue weighted by molar-refractivity contribution is -0.0154. The molecule has 1 nitrogen and oxygen atoms in total. The fourth-order valence-corrected chi connectivity index (χ4v) is 2.81. The Morgan fingerprint density at radius 3 is 2.88 bits per heavy atom. The summed E-state index contributed by atoms with van der Waals surface area (Å²) in [7, 11) is 0. The molecule has 0 heterocycles. The maximum absolute atomic E-state index is 6.02. The molecule has 0 radical (unpaired) electrons. The molecule has 1 aromatic rings. The zero-order chi connectivity index (χ0) is 11.4. The van der Waals surface area contributed by atoms with Gasteiger partial charge in [0.25, 0.3) is 0 Å². The van der Waals surface area contributed by atoms with Gasteiger partial charge in [0.15, 0.2) is 0 Å². The highest BCUT2D eigenvalue weighted by Gasteiger charge is 2.21. The molecular formula is C14H19BrO. The van der Waals surface area contributed by atoms with Crippen LogP contribution in [-0.2, 0) is 11.3 Å². The molecule has 1 aliphatic rings. The summed E-state index contributed by atoms with van der Waals surface area (Å²) in [6.45, 7) is 3.05. The maximum atomic E-state index is 6.02. The van der Waals surface area contributed by atoms with Gasteiger partial charge in [-0.15, -0.1) is 0 Å². The van der Waals surface area contributed by atoms with Crippen molar-refractivity contribution in [3.8, 4) is 0 Å². The van der Waals surface area contributed by atoms with E-state index in [4.69, 9.17) is 4.74 Å². The molecule has 0 bridgehead atoms. The van der Waals surface area contributed by atoms with E-state index in [1.807, 2.05) is 6.07 Å². The Hall–Kier alpha value is -0.340. The van der Waals surface area contributed by atoms with E-state index in [2.05, 4.69) is 41.1 Å². The van der Waals surface area contributed by atoms with E-state index in [0.29, 0.717) is 6.10 Å². The van der Waals surface area contributed by atoms with Gasteiger partial charge < -0.3 is 4.74 Å². The molecule has 88 valence electrons. The van der Waals surface area contributed by atoms with Gasteiger partial charge in [-0.1, -0.05) is 47.8 Å². The van der Waals surface area contributed by atoms with Crippen LogP contribution in [0.1, 0.15) is 38.2 Å². The number of rotatable bonds is 3. The first kappa shape index (κ1) is 12.1. The van der Waals surface area contributed by atoms with Crippen LogP contribution in [0, 0.1) is 5.92 Å². The lowest BCUT2D eigenvalue weighted by Gasteiger charge is -2.28. The van der Waals surface area contributed by atoms with E-state index in [0.717, 1.165) is 17.0 Å². The molecule has 1 aliphatic carbocycles. The van der Waals surface area contributed by atoms with Gasteiger partial charge in [0, 0.05) is 4.47 Å². The van der Waals surface area contributed by atoms with Crippen molar-refractivity contribution in [1.82, 2.24) is 0 Å². The van der Waals surface area contributed by atoms with Gasteiger partial charge in [0.2, 0.25) is 0 Å². The molecule has 2 rings (SSSR count). The second-order valence-electron chi connectivity index (χ2n) is 4.74. The third-order valence-electron chi connectivity index (χ3n) is 3.39. The summed E-state index contributed by atoms with van der Waals surface area (Å²) in [5.41, 5.74) is 1.26. The Morgan fingerprint density at radius 1 is 1.31 bits per heavy atom. The molecule has 0 aromatic heterocycles. The zero-order valence-corrected chi connectivity index (χ0v) is 11.4. The van der Waals surface area contributed by atoms with Gasteiger partial charge in [-0.05, 0) is 36.5 Å². The SMILES string of the molecule is CC1CCCCC1OCc1cccc(Br)c1. The molecule has 1 aromatic carbocycles. The van der Waals surface area contributed by atoms with Gasteiger partial charge in [-0.25, -0.2) is 0 Å². The smallest absolute Gasteiger partial charge is 0.0721 e. The van der Waals surface area contributed by atoms with E-state index in [1.54, 1.807) is 0 Å². The van der Waals surface area contributed by atoms with Gasteiger partial charge in [0.1, 0.15) is 0 Å². The Bertz CT molecular complexity index is 337. The average molecular weight is 283 g/mol. The Balaban J connectivity index is 1.86. The van der Waals surface area contributed by atoms with Crippen molar-refractivity contribution in [2.45, 2.75) is 45.3 Å². The van der Waals surface area contributed by atoms with Crippen LogP contribution in [0.2, 0.25) is 0 Å². The molecule has 1 fully saturated rings. The molecule has 0 saturated heterocycles. The molecule has 2 atom stereocenters. The van der Waals surface area contributed by atoms with Crippen LogP contribution in [0.3, 0.4) is 0 Å². The minimum atomic E-state index is 0.465. The summed E-state index contributed by atoms with van der Waals surface area (Å²) >= 11 is 3.48. The first-order valence-corrected chi connectivity index (χ1v) is 6.91. The minimum Gasteiger partial charge on any atom is -0.373 e. The summed E-state index contributed by atoms with van der Waals surface area (Å²) in [4.78, 5) is 0. The molecule has 16 heavy (non-hydrogen) atoms. The second kappa shape index (κ2) is 5.83. The van der Waals surface area contributed by atoms with Crippen molar-refractivity contribution in [3.05, 3.63) is 34.3 Å². The average Bonchev–Trinajstić information content (AvgIpc) is 2.28. The number of hydrogen-bond donors (Lipinski definition) is 0. The molecule has 0 aliphatic heterocycles. The third kappa shape index (κ3) is 3.33. The molecule has 2 heteroatoms. The molecule has 0 N–H and O–H groups in total. The van der Waals surface area contributed by atoms with E-state index in [1.165, 1.54) is 31.2 Å². The molecule has 1 saturated carbocycles. The van der Waals surface area contributed by atoms with E-state index in [9.17, 15) is 0 Å². The lowest BCUT2D eigenvalue weighted by atomic mass is 9.88. The fraction of sp³-hybridized carbons (Fsp3) is 0.571.